The molecule has 0 fully saturated rings. The summed E-state index contributed by atoms with van der Waals surface area (Å²) in [6.45, 7) is -0.0308. The summed E-state index contributed by atoms with van der Waals surface area (Å²) in [4.78, 5) is 1.43. The fraction of sp³-hybridized carbons (Fsp3) is 0.500. The summed E-state index contributed by atoms with van der Waals surface area (Å²) in [5.74, 6) is 0.757. The molecule has 0 saturated carbocycles. The van der Waals surface area contributed by atoms with E-state index in [0.29, 0.717) is 19.5 Å². The molecule has 2 rings (SSSR count). The number of ether oxygens (including phenoxy) is 1. The lowest BCUT2D eigenvalue weighted by atomic mass is 9.99. The Kier molecular flexibility index (Phi) is 3.28. The Labute approximate surface area is 98.0 Å². The van der Waals surface area contributed by atoms with E-state index in [2.05, 4.69) is 0 Å². The number of hydrogen-bond acceptors (Lipinski definition) is 2. The molecule has 0 saturated heterocycles. The maximum absolute atomic E-state index is 12.3. The standard InChI is InChI=1S/C12H14F3NO/c1-17-11-3-2-10-7-16(8-12(13,14)15)5-4-9(10)6-11/h2-3,6H,4-5,7-8H2,1H3. The molecule has 1 aromatic rings. The average molecular weight is 245 g/mol. The molecule has 0 spiro atoms. The zero-order valence-corrected chi connectivity index (χ0v) is 9.55. The Morgan fingerprint density at radius 1 is 1.29 bits per heavy atom. The van der Waals surface area contributed by atoms with Crippen molar-refractivity contribution < 1.29 is 17.9 Å². The van der Waals surface area contributed by atoms with E-state index in [0.717, 1.165) is 16.9 Å². The Hall–Kier alpha value is -1.23. The maximum Gasteiger partial charge on any atom is 0.401 e. The minimum atomic E-state index is -4.12. The lowest BCUT2D eigenvalue weighted by Crippen LogP contribution is -2.37. The van der Waals surface area contributed by atoms with E-state index in [9.17, 15) is 13.2 Å². The van der Waals surface area contributed by atoms with Crippen molar-refractivity contribution in [2.45, 2.75) is 19.1 Å². The maximum atomic E-state index is 12.3. The number of rotatable bonds is 2. The first-order chi connectivity index (χ1) is 7.98. The van der Waals surface area contributed by atoms with Crippen molar-refractivity contribution >= 4 is 0 Å². The van der Waals surface area contributed by atoms with Crippen molar-refractivity contribution in [1.29, 1.82) is 0 Å². The molecule has 0 aliphatic carbocycles. The van der Waals surface area contributed by atoms with Crippen LogP contribution < -0.4 is 4.74 Å². The van der Waals surface area contributed by atoms with E-state index < -0.39 is 12.7 Å². The van der Waals surface area contributed by atoms with Crippen molar-refractivity contribution in [3.8, 4) is 5.75 Å². The molecule has 0 bridgehead atoms. The van der Waals surface area contributed by atoms with Gasteiger partial charge in [-0.1, -0.05) is 6.07 Å². The van der Waals surface area contributed by atoms with Crippen LogP contribution >= 0.6 is 0 Å². The molecular formula is C12H14F3NO. The number of fused-ring (bicyclic) bond motifs is 1. The molecule has 94 valence electrons. The minimum absolute atomic E-state index is 0.360. The molecule has 0 atom stereocenters. The summed E-state index contributed by atoms with van der Waals surface area (Å²) < 4.78 is 41.9. The van der Waals surface area contributed by atoms with Gasteiger partial charge in [-0.15, -0.1) is 0 Å². The third-order valence-electron chi connectivity index (χ3n) is 2.91. The first kappa shape index (κ1) is 12.2. The zero-order valence-electron chi connectivity index (χ0n) is 9.55. The molecular weight excluding hydrogens is 231 g/mol. The van der Waals surface area contributed by atoms with Gasteiger partial charge in [0, 0.05) is 13.1 Å². The number of hydrogen-bond donors (Lipinski definition) is 0. The molecule has 17 heavy (non-hydrogen) atoms. The number of halogens is 3. The highest BCUT2D eigenvalue weighted by Gasteiger charge is 2.32. The highest BCUT2D eigenvalue weighted by Crippen LogP contribution is 2.26. The van der Waals surface area contributed by atoms with Crippen LogP contribution in [0.15, 0.2) is 18.2 Å². The Morgan fingerprint density at radius 2 is 2.06 bits per heavy atom. The van der Waals surface area contributed by atoms with Crippen LogP contribution in [-0.4, -0.2) is 31.3 Å². The minimum Gasteiger partial charge on any atom is -0.497 e. The van der Waals surface area contributed by atoms with Crippen LogP contribution in [-0.2, 0) is 13.0 Å². The predicted molar refractivity (Wildman–Crippen MR) is 58.0 cm³/mol. The summed E-state index contributed by atoms with van der Waals surface area (Å²) in [7, 11) is 1.58. The summed E-state index contributed by atoms with van der Waals surface area (Å²) >= 11 is 0. The Balaban J connectivity index is 2.09. The predicted octanol–water partition coefficient (Wildman–Crippen LogP) is 2.62. The van der Waals surface area contributed by atoms with Gasteiger partial charge in [0.25, 0.3) is 0 Å². The molecule has 1 heterocycles. The highest BCUT2D eigenvalue weighted by molar-refractivity contribution is 5.37. The molecule has 1 aliphatic heterocycles. The lowest BCUT2D eigenvalue weighted by molar-refractivity contribution is -0.147. The molecule has 0 radical (unpaired) electrons. The third kappa shape index (κ3) is 3.12. The van der Waals surface area contributed by atoms with Gasteiger partial charge in [-0.3, -0.25) is 4.90 Å². The normalized spacial score (nSPS) is 16.7. The van der Waals surface area contributed by atoms with E-state index in [-0.39, 0.29) is 0 Å². The average Bonchev–Trinajstić information content (AvgIpc) is 2.26. The summed E-state index contributed by atoms with van der Waals surface area (Å²) in [5, 5.41) is 0. The first-order valence-corrected chi connectivity index (χ1v) is 5.43. The van der Waals surface area contributed by atoms with E-state index >= 15 is 0 Å². The summed E-state index contributed by atoms with van der Waals surface area (Å²) in [6.07, 6.45) is -3.48. The number of benzene rings is 1. The van der Waals surface area contributed by atoms with Crippen molar-refractivity contribution in [1.82, 2.24) is 4.90 Å². The van der Waals surface area contributed by atoms with Gasteiger partial charge in [-0.2, -0.15) is 13.2 Å². The summed E-state index contributed by atoms with van der Waals surface area (Å²) in [5.41, 5.74) is 2.05. The van der Waals surface area contributed by atoms with Gasteiger partial charge in [0.2, 0.25) is 0 Å². The molecule has 1 aromatic carbocycles. The van der Waals surface area contributed by atoms with Gasteiger partial charge in [-0.05, 0) is 29.7 Å². The number of methoxy groups -OCH3 is 1. The van der Waals surface area contributed by atoms with Crippen molar-refractivity contribution in [2.75, 3.05) is 20.2 Å². The quantitative estimate of drug-likeness (QED) is 0.794. The van der Waals surface area contributed by atoms with Crippen molar-refractivity contribution in [3.63, 3.8) is 0 Å². The van der Waals surface area contributed by atoms with Gasteiger partial charge >= 0.3 is 6.18 Å². The van der Waals surface area contributed by atoms with E-state index in [1.165, 1.54) is 4.90 Å². The second kappa shape index (κ2) is 4.56. The molecule has 0 amide bonds. The fourth-order valence-electron chi connectivity index (χ4n) is 2.10. The molecule has 2 nitrogen and oxygen atoms in total. The van der Waals surface area contributed by atoms with Gasteiger partial charge in [0.15, 0.2) is 0 Å². The monoisotopic (exact) mass is 245 g/mol. The first-order valence-electron chi connectivity index (χ1n) is 5.43. The topological polar surface area (TPSA) is 12.5 Å². The van der Waals surface area contributed by atoms with Crippen LogP contribution in [0.2, 0.25) is 0 Å². The van der Waals surface area contributed by atoms with E-state index in [1.807, 2.05) is 12.1 Å². The van der Waals surface area contributed by atoms with Gasteiger partial charge < -0.3 is 4.74 Å². The fourth-order valence-corrected chi connectivity index (χ4v) is 2.10. The smallest absolute Gasteiger partial charge is 0.401 e. The Bertz CT molecular complexity index is 403. The largest absolute Gasteiger partial charge is 0.497 e. The van der Waals surface area contributed by atoms with Crippen LogP contribution in [0.4, 0.5) is 13.2 Å². The van der Waals surface area contributed by atoms with Gasteiger partial charge in [-0.25, -0.2) is 0 Å². The van der Waals surface area contributed by atoms with Crippen LogP contribution in [0.5, 0.6) is 5.75 Å². The highest BCUT2D eigenvalue weighted by atomic mass is 19.4. The van der Waals surface area contributed by atoms with Crippen LogP contribution in [0.1, 0.15) is 11.1 Å². The Morgan fingerprint density at radius 3 is 2.71 bits per heavy atom. The van der Waals surface area contributed by atoms with E-state index in [4.69, 9.17) is 4.74 Å². The molecule has 1 aliphatic rings. The van der Waals surface area contributed by atoms with E-state index in [1.54, 1.807) is 13.2 Å². The zero-order chi connectivity index (χ0) is 12.5. The van der Waals surface area contributed by atoms with Gasteiger partial charge in [0.05, 0.1) is 13.7 Å². The number of nitrogens with zero attached hydrogens (tertiary/aromatic N) is 1. The van der Waals surface area contributed by atoms with Crippen LogP contribution in [0.3, 0.4) is 0 Å². The molecule has 0 unspecified atom stereocenters. The van der Waals surface area contributed by atoms with Crippen LogP contribution in [0.25, 0.3) is 0 Å². The summed E-state index contributed by atoms with van der Waals surface area (Å²) in [6, 6.07) is 5.53. The molecule has 0 aromatic heterocycles. The van der Waals surface area contributed by atoms with Gasteiger partial charge in [0.1, 0.15) is 5.75 Å². The second-order valence-electron chi connectivity index (χ2n) is 4.21. The molecule has 0 N–H and O–H groups in total. The van der Waals surface area contributed by atoms with Crippen molar-refractivity contribution in [3.05, 3.63) is 29.3 Å². The molecule has 5 heteroatoms. The third-order valence-corrected chi connectivity index (χ3v) is 2.91. The lowest BCUT2D eigenvalue weighted by Gasteiger charge is -2.29. The van der Waals surface area contributed by atoms with Crippen LogP contribution in [0, 0.1) is 0 Å². The SMILES string of the molecule is COc1ccc2c(c1)CCN(CC(F)(F)F)C2. The van der Waals surface area contributed by atoms with Crippen molar-refractivity contribution in [2.24, 2.45) is 0 Å². The second-order valence-corrected chi connectivity index (χ2v) is 4.21. The number of alkyl halides is 3.